The van der Waals surface area contributed by atoms with E-state index in [0.717, 1.165) is 37.9 Å². The maximum Gasteiger partial charge on any atom is 0.252 e. The maximum absolute atomic E-state index is 12.4. The minimum Gasteiger partial charge on any atom is -0.508 e. The third-order valence-corrected chi connectivity index (χ3v) is 5.65. The van der Waals surface area contributed by atoms with E-state index in [0.29, 0.717) is 23.1 Å². The van der Waals surface area contributed by atoms with Gasteiger partial charge in [0.1, 0.15) is 5.76 Å². The summed E-state index contributed by atoms with van der Waals surface area (Å²) >= 11 is 11.9. The second-order valence-electron chi connectivity index (χ2n) is 6.91. The van der Waals surface area contributed by atoms with Crippen LogP contribution < -0.4 is 5.32 Å². The molecule has 1 aromatic rings. The maximum atomic E-state index is 12.4. The number of aryl methyl sites for hydroxylation is 1. The van der Waals surface area contributed by atoms with Gasteiger partial charge in [0.2, 0.25) is 0 Å². The summed E-state index contributed by atoms with van der Waals surface area (Å²) in [6.07, 6.45) is 2.29. The number of hydrogen-bond donors (Lipinski definition) is 3. The standard InChI is InChI=1S/C19H24Cl2N2O4/c20-15-6-5-12(9-16(15)21)3-1-7-22-18(25)14-11-23(19(26)17(14)24)10-13-4-2-8-27-13/h5-6,9,13,19,24,26H,1-4,7-8,10-11H2,(H,22,25). The fourth-order valence-electron chi connectivity index (χ4n) is 3.40. The molecular weight excluding hydrogens is 391 g/mol. The molecule has 2 aliphatic heterocycles. The second-order valence-corrected chi connectivity index (χ2v) is 7.72. The van der Waals surface area contributed by atoms with Gasteiger partial charge in [-0.3, -0.25) is 9.69 Å². The van der Waals surface area contributed by atoms with Crippen molar-refractivity contribution in [2.45, 2.75) is 38.0 Å². The summed E-state index contributed by atoms with van der Waals surface area (Å²) in [7, 11) is 0. The van der Waals surface area contributed by atoms with Crippen LogP contribution in [0, 0.1) is 0 Å². The molecule has 2 unspecified atom stereocenters. The number of carbonyl (C=O) groups is 1. The number of carbonyl (C=O) groups excluding carboxylic acids is 1. The Kier molecular flexibility index (Phi) is 7.00. The Morgan fingerprint density at radius 2 is 2.15 bits per heavy atom. The first kappa shape index (κ1) is 20.4. The molecule has 8 heteroatoms. The Morgan fingerprint density at radius 1 is 1.33 bits per heavy atom. The van der Waals surface area contributed by atoms with Crippen molar-refractivity contribution in [1.82, 2.24) is 10.2 Å². The van der Waals surface area contributed by atoms with Gasteiger partial charge in [0.05, 0.1) is 21.7 Å². The molecule has 6 nitrogen and oxygen atoms in total. The molecule has 3 rings (SSSR count). The van der Waals surface area contributed by atoms with Crippen LogP contribution >= 0.6 is 23.2 Å². The van der Waals surface area contributed by atoms with Gasteiger partial charge in [-0.2, -0.15) is 0 Å². The summed E-state index contributed by atoms with van der Waals surface area (Å²) in [6, 6.07) is 5.47. The first-order valence-electron chi connectivity index (χ1n) is 9.13. The van der Waals surface area contributed by atoms with Crippen LogP contribution in [0.15, 0.2) is 29.5 Å². The van der Waals surface area contributed by atoms with Gasteiger partial charge in [-0.25, -0.2) is 0 Å². The minimum absolute atomic E-state index is 0.0426. The summed E-state index contributed by atoms with van der Waals surface area (Å²) in [5, 5.41) is 24.1. The monoisotopic (exact) mass is 414 g/mol. The van der Waals surface area contributed by atoms with Crippen LogP contribution in [0.5, 0.6) is 0 Å². The van der Waals surface area contributed by atoms with Gasteiger partial charge < -0.3 is 20.3 Å². The van der Waals surface area contributed by atoms with Gasteiger partial charge in [-0.1, -0.05) is 29.3 Å². The van der Waals surface area contributed by atoms with E-state index in [2.05, 4.69) is 5.32 Å². The topological polar surface area (TPSA) is 82.0 Å². The lowest BCUT2D eigenvalue weighted by molar-refractivity contribution is -0.117. The van der Waals surface area contributed by atoms with Crippen molar-refractivity contribution < 1.29 is 19.7 Å². The number of halogens is 2. The van der Waals surface area contributed by atoms with Crippen LogP contribution in [0.25, 0.3) is 0 Å². The van der Waals surface area contributed by atoms with E-state index >= 15 is 0 Å². The zero-order chi connectivity index (χ0) is 19.4. The van der Waals surface area contributed by atoms with Crippen molar-refractivity contribution >= 4 is 29.1 Å². The van der Waals surface area contributed by atoms with E-state index < -0.39 is 6.23 Å². The lowest BCUT2D eigenvalue weighted by atomic mass is 10.1. The average molecular weight is 415 g/mol. The lowest BCUT2D eigenvalue weighted by Gasteiger charge is -2.23. The van der Waals surface area contributed by atoms with Crippen molar-refractivity contribution in [3.8, 4) is 0 Å². The molecule has 0 bridgehead atoms. The molecule has 1 saturated heterocycles. The Bertz CT molecular complexity index is 720. The third kappa shape index (κ3) is 5.15. The Hall–Kier alpha value is -1.31. The molecule has 27 heavy (non-hydrogen) atoms. The number of aliphatic hydroxyl groups excluding tert-OH is 2. The van der Waals surface area contributed by atoms with Crippen molar-refractivity contribution in [3.05, 3.63) is 45.1 Å². The predicted octanol–water partition coefficient (Wildman–Crippen LogP) is 2.67. The zero-order valence-electron chi connectivity index (χ0n) is 15.0. The van der Waals surface area contributed by atoms with E-state index in [9.17, 15) is 15.0 Å². The Labute approximate surface area is 168 Å². The van der Waals surface area contributed by atoms with Crippen LogP contribution in [0.2, 0.25) is 10.0 Å². The number of ether oxygens (including phenoxy) is 1. The number of hydrogen-bond acceptors (Lipinski definition) is 5. The molecule has 2 heterocycles. The summed E-state index contributed by atoms with van der Waals surface area (Å²) in [5.74, 6) is -0.620. The van der Waals surface area contributed by atoms with Crippen molar-refractivity contribution in [3.63, 3.8) is 0 Å². The Morgan fingerprint density at radius 3 is 2.85 bits per heavy atom. The molecule has 1 aromatic carbocycles. The van der Waals surface area contributed by atoms with Crippen molar-refractivity contribution in [2.75, 3.05) is 26.2 Å². The molecule has 0 spiro atoms. The fourth-order valence-corrected chi connectivity index (χ4v) is 3.72. The molecule has 0 saturated carbocycles. The second kappa shape index (κ2) is 9.26. The van der Waals surface area contributed by atoms with Gasteiger partial charge in [-0.15, -0.1) is 0 Å². The number of nitrogens with one attached hydrogen (secondary N) is 1. The number of nitrogens with zero attached hydrogens (tertiary/aromatic N) is 1. The molecule has 1 fully saturated rings. The van der Waals surface area contributed by atoms with E-state index in [1.54, 1.807) is 11.0 Å². The van der Waals surface area contributed by atoms with E-state index in [1.807, 2.05) is 12.1 Å². The van der Waals surface area contributed by atoms with Gasteiger partial charge in [-0.05, 0) is 43.4 Å². The molecular formula is C19H24Cl2N2O4. The average Bonchev–Trinajstić information content (AvgIpc) is 3.25. The zero-order valence-corrected chi connectivity index (χ0v) is 16.5. The quantitative estimate of drug-likeness (QED) is 0.597. The highest BCUT2D eigenvalue weighted by molar-refractivity contribution is 6.42. The predicted molar refractivity (Wildman–Crippen MR) is 104 cm³/mol. The molecule has 0 aromatic heterocycles. The minimum atomic E-state index is -1.15. The summed E-state index contributed by atoms with van der Waals surface area (Å²) in [6.45, 7) is 1.89. The van der Waals surface area contributed by atoms with Gasteiger partial charge >= 0.3 is 0 Å². The highest BCUT2D eigenvalue weighted by Crippen LogP contribution is 2.25. The molecule has 2 aliphatic rings. The van der Waals surface area contributed by atoms with Gasteiger partial charge in [0, 0.05) is 26.2 Å². The lowest BCUT2D eigenvalue weighted by Crippen LogP contribution is -2.38. The molecule has 148 valence electrons. The first-order chi connectivity index (χ1) is 13.0. The third-order valence-electron chi connectivity index (χ3n) is 4.91. The van der Waals surface area contributed by atoms with Crippen LogP contribution in [-0.2, 0) is 16.0 Å². The van der Waals surface area contributed by atoms with Gasteiger partial charge in [0.25, 0.3) is 5.91 Å². The molecule has 3 N–H and O–H groups in total. The van der Waals surface area contributed by atoms with Crippen LogP contribution in [0.4, 0.5) is 0 Å². The van der Waals surface area contributed by atoms with Crippen molar-refractivity contribution in [1.29, 1.82) is 0 Å². The van der Waals surface area contributed by atoms with Crippen LogP contribution in [0.3, 0.4) is 0 Å². The fraction of sp³-hybridized carbons (Fsp3) is 0.526. The van der Waals surface area contributed by atoms with E-state index in [-0.39, 0.29) is 29.9 Å². The highest BCUT2D eigenvalue weighted by Gasteiger charge is 2.36. The van der Waals surface area contributed by atoms with Crippen molar-refractivity contribution in [2.24, 2.45) is 0 Å². The van der Waals surface area contributed by atoms with Gasteiger partial charge in [0.15, 0.2) is 6.23 Å². The molecule has 0 radical (unpaired) electrons. The summed E-state index contributed by atoms with van der Waals surface area (Å²) < 4.78 is 5.56. The SMILES string of the molecule is O=C(NCCCc1ccc(Cl)c(Cl)c1)C1=C(O)C(O)N(CC2CCCO2)C1. The number of benzene rings is 1. The largest absolute Gasteiger partial charge is 0.508 e. The first-order valence-corrected chi connectivity index (χ1v) is 9.89. The smallest absolute Gasteiger partial charge is 0.252 e. The number of rotatable bonds is 7. The highest BCUT2D eigenvalue weighted by atomic mass is 35.5. The molecule has 1 amide bonds. The molecule has 0 aliphatic carbocycles. The number of amides is 1. The van der Waals surface area contributed by atoms with E-state index in [1.165, 1.54) is 0 Å². The van der Waals surface area contributed by atoms with Crippen LogP contribution in [-0.4, -0.2) is 59.6 Å². The summed E-state index contributed by atoms with van der Waals surface area (Å²) in [4.78, 5) is 14.0. The number of aliphatic hydroxyl groups is 2. The normalized spacial score (nSPS) is 23.2. The van der Waals surface area contributed by atoms with E-state index in [4.69, 9.17) is 27.9 Å². The summed E-state index contributed by atoms with van der Waals surface area (Å²) in [5.41, 5.74) is 1.26. The Balaban J connectivity index is 1.45. The van der Waals surface area contributed by atoms with Crippen LogP contribution in [0.1, 0.15) is 24.8 Å². The molecule has 2 atom stereocenters.